The summed E-state index contributed by atoms with van der Waals surface area (Å²) in [6, 6.07) is 65.1. The zero-order valence-corrected chi connectivity index (χ0v) is 43.7. The Kier molecular flexibility index (Phi) is 12.8. The Balaban J connectivity index is 1.23. The summed E-state index contributed by atoms with van der Waals surface area (Å²) in [5, 5.41) is 0. The molecule has 4 heteroatoms. The molecule has 0 fully saturated rings. The van der Waals surface area contributed by atoms with Crippen LogP contribution >= 0.6 is 0 Å². The van der Waals surface area contributed by atoms with E-state index in [-0.39, 0.29) is 13.4 Å². The lowest BCUT2D eigenvalue weighted by Crippen LogP contribution is -2.76. The molecule has 2 aliphatic rings. The first-order valence-electron chi connectivity index (χ1n) is 26.2. The first-order valence-corrected chi connectivity index (χ1v) is 26.2. The Bertz CT molecular complexity index is 3110. The molecule has 0 aliphatic carbocycles. The van der Waals surface area contributed by atoms with Crippen molar-refractivity contribution in [1.29, 1.82) is 0 Å². The van der Waals surface area contributed by atoms with Crippen molar-refractivity contribution in [2.75, 3.05) is 9.80 Å². The zero-order valence-electron chi connectivity index (χ0n) is 43.7. The van der Waals surface area contributed by atoms with Crippen molar-refractivity contribution in [1.82, 2.24) is 0 Å². The molecule has 2 nitrogen and oxygen atoms in total. The van der Waals surface area contributed by atoms with Crippen molar-refractivity contribution in [3.63, 3.8) is 0 Å². The van der Waals surface area contributed by atoms with Gasteiger partial charge in [0.25, 0.3) is 0 Å². The molecule has 2 aliphatic heterocycles. The second-order valence-corrected chi connectivity index (χ2v) is 22.0. The third-order valence-corrected chi connectivity index (χ3v) is 15.4. The largest absolute Gasteiger partial charge is 0.306 e. The number of benzene rings is 8. The molecule has 2 heterocycles. The molecule has 0 bridgehead atoms. The van der Waals surface area contributed by atoms with Crippen molar-refractivity contribution >= 4 is 80.3 Å². The number of anilines is 6. The standard InChI is InChI=1S/C66H70B2N2/c1-41(2)49-36-53(43(5)6)65(54(37-49)44(7)8)67-57-27-16-17-28-58(57)68(66-55(45(9)10)38-50(42(3)4)39-56(66)46(11)12)60-40-48(33-34-59(60)67)47-23-22-26-52(35-47)70-63-31-20-18-29-61(63)69(51-24-14-13-15-25-51)62-30-19-21-32-64(62)70/h13-46H,1-12H3. The molecule has 0 amide bonds. The maximum Gasteiger partial charge on any atom is 0.240 e. The van der Waals surface area contributed by atoms with Crippen LogP contribution in [0.3, 0.4) is 0 Å². The van der Waals surface area contributed by atoms with Gasteiger partial charge >= 0.3 is 0 Å². The minimum Gasteiger partial charge on any atom is -0.306 e. The van der Waals surface area contributed by atoms with Gasteiger partial charge in [0.05, 0.1) is 22.7 Å². The fourth-order valence-corrected chi connectivity index (χ4v) is 11.9. The Labute approximate surface area is 421 Å². The van der Waals surface area contributed by atoms with Gasteiger partial charge in [-0.3, -0.25) is 0 Å². The molecule has 0 aromatic heterocycles. The number of para-hydroxylation sites is 5. The van der Waals surface area contributed by atoms with E-state index in [1.807, 2.05) is 0 Å². The number of hydrogen-bond donors (Lipinski definition) is 0. The summed E-state index contributed by atoms with van der Waals surface area (Å²) in [6.45, 7) is 28.8. The summed E-state index contributed by atoms with van der Waals surface area (Å²) >= 11 is 0. The maximum absolute atomic E-state index is 2.61. The number of rotatable bonds is 11. The summed E-state index contributed by atoms with van der Waals surface area (Å²) in [7, 11) is 0. The summed E-state index contributed by atoms with van der Waals surface area (Å²) in [5.74, 6) is 2.35. The molecule has 0 N–H and O–H groups in total. The van der Waals surface area contributed by atoms with Crippen molar-refractivity contribution in [3.8, 4) is 11.1 Å². The lowest BCUT2D eigenvalue weighted by molar-refractivity contribution is 0.812. The Morgan fingerprint density at radius 1 is 0.286 bits per heavy atom. The van der Waals surface area contributed by atoms with E-state index in [2.05, 4.69) is 263 Å². The van der Waals surface area contributed by atoms with Crippen LogP contribution in [0.4, 0.5) is 34.1 Å². The first kappa shape index (κ1) is 47.2. The van der Waals surface area contributed by atoms with Gasteiger partial charge in [-0.25, -0.2) is 0 Å². The molecular formula is C66H70B2N2. The van der Waals surface area contributed by atoms with Gasteiger partial charge in [0, 0.05) is 11.4 Å². The molecule has 0 unspecified atom stereocenters. The van der Waals surface area contributed by atoms with E-state index < -0.39 is 0 Å². The quantitative estimate of drug-likeness (QED) is 0.119. The Morgan fingerprint density at radius 2 is 0.643 bits per heavy atom. The average Bonchev–Trinajstić information content (AvgIpc) is 3.36. The smallest absolute Gasteiger partial charge is 0.240 e. The molecule has 0 spiro atoms. The fraction of sp³-hybridized carbons (Fsp3) is 0.273. The summed E-state index contributed by atoms with van der Waals surface area (Å²) < 4.78 is 0. The van der Waals surface area contributed by atoms with E-state index in [0.717, 1.165) is 34.1 Å². The SMILES string of the molecule is CC(C)c1cc(C(C)C)c(B2c3ccccc3B(c3c(C(C)C)cc(C(C)C)cc3C(C)C)c3cc(-c4cccc(N5c6ccccc6N(c6ccccc6)c6ccccc65)c4)ccc32)c(C(C)C)c1. The van der Waals surface area contributed by atoms with Crippen LogP contribution in [-0.4, -0.2) is 13.4 Å². The number of fused-ring (bicyclic) bond motifs is 4. The lowest BCUT2D eigenvalue weighted by Gasteiger charge is -2.40. The van der Waals surface area contributed by atoms with Gasteiger partial charge in [-0.05, 0) is 129 Å². The lowest BCUT2D eigenvalue weighted by atomic mass is 9.20. The third-order valence-electron chi connectivity index (χ3n) is 15.4. The van der Waals surface area contributed by atoms with Crippen LogP contribution in [0, 0.1) is 0 Å². The minimum atomic E-state index is 0.0614. The van der Waals surface area contributed by atoms with E-state index in [1.165, 1.54) is 77.3 Å². The van der Waals surface area contributed by atoms with E-state index in [0.29, 0.717) is 35.5 Å². The van der Waals surface area contributed by atoms with Gasteiger partial charge < -0.3 is 9.80 Å². The highest BCUT2D eigenvalue weighted by Gasteiger charge is 2.43. The van der Waals surface area contributed by atoms with Crippen LogP contribution < -0.4 is 42.6 Å². The third kappa shape index (κ3) is 8.22. The molecule has 0 atom stereocenters. The summed E-state index contributed by atoms with van der Waals surface area (Å²) in [4.78, 5) is 4.86. The van der Waals surface area contributed by atoms with Crippen LogP contribution in [0.5, 0.6) is 0 Å². The molecule has 8 aromatic rings. The molecule has 350 valence electrons. The molecular weight excluding hydrogens is 842 g/mol. The Morgan fingerprint density at radius 3 is 1.07 bits per heavy atom. The van der Waals surface area contributed by atoms with E-state index in [9.17, 15) is 0 Å². The Hall–Kier alpha value is -6.51. The predicted molar refractivity (Wildman–Crippen MR) is 308 cm³/mol. The van der Waals surface area contributed by atoms with Crippen molar-refractivity contribution < 1.29 is 0 Å². The van der Waals surface area contributed by atoms with Gasteiger partial charge in [-0.15, -0.1) is 0 Å². The van der Waals surface area contributed by atoms with Gasteiger partial charge in [0.1, 0.15) is 0 Å². The minimum absolute atomic E-state index is 0.0614. The average molecular weight is 913 g/mol. The first-order chi connectivity index (χ1) is 33.7. The summed E-state index contributed by atoms with van der Waals surface area (Å²) in [6.07, 6.45) is 0. The van der Waals surface area contributed by atoms with Gasteiger partial charge in [-0.1, -0.05) is 237 Å². The van der Waals surface area contributed by atoms with E-state index >= 15 is 0 Å². The van der Waals surface area contributed by atoms with Gasteiger partial charge in [0.15, 0.2) is 0 Å². The molecule has 8 aromatic carbocycles. The highest BCUT2D eigenvalue weighted by atomic mass is 15.3. The van der Waals surface area contributed by atoms with Gasteiger partial charge in [0.2, 0.25) is 13.4 Å². The molecule has 10 rings (SSSR count). The van der Waals surface area contributed by atoms with Crippen molar-refractivity contribution in [2.45, 2.75) is 119 Å². The van der Waals surface area contributed by atoms with Crippen LogP contribution in [0.2, 0.25) is 0 Å². The monoisotopic (exact) mass is 913 g/mol. The number of nitrogens with zero attached hydrogens (tertiary/aromatic N) is 2. The second kappa shape index (κ2) is 19.0. The predicted octanol–water partition coefficient (Wildman–Crippen LogP) is 14.7. The highest BCUT2D eigenvalue weighted by molar-refractivity contribution is 7.11. The molecule has 0 radical (unpaired) electrons. The van der Waals surface area contributed by atoms with Crippen LogP contribution in [-0.2, 0) is 0 Å². The number of hydrogen-bond acceptors (Lipinski definition) is 2. The molecule has 0 saturated heterocycles. The molecule has 70 heavy (non-hydrogen) atoms. The van der Waals surface area contributed by atoms with Crippen LogP contribution in [0.15, 0.2) is 170 Å². The maximum atomic E-state index is 2.61. The van der Waals surface area contributed by atoms with Crippen molar-refractivity contribution in [2.24, 2.45) is 0 Å². The highest BCUT2D eigenvalue weighted by Crippen LogP contribution is 2.54. The van der Waals surface area contributed by atoms with Gasteiger partial charge in [-0.2, -0.15) is 0 Å². The fourth-order valence-electron chi connectivity index (χ4n) is 11.9. The second-order valence-electron chi connectivity index (χ2n) is 22.0. The van der Waals surface area contributed by atoms with Crippen LogP contribution in [0.25, 0.3) is 11.1 Å². The van der Waals surface area contributed by atoms with E-state index in [4.69, 9.17) is 0 Å². The topological polar surface area (TPSA) is 6.48 Å². The summed E-state index contributed by atoms with van der Waals surface area (Å²) in [5.41, 5.74) is 26.9. The normalized spacial score (nSPS) is 13.2. The van der Waals surface area contributed by atoms with Crippen LogP contribution in [0.1, 0.15) is 152 Å². The van der Waals surface area contributed by atoms with Crippen molar-refractivity contribution in [3.05, 3.63) is 203 Å². The zero-order chi connectivity index (χ0) is 49.1. The molecule has 0 saturated carbocycles. The van der Waals surface area contributed by atoms with E-state index in [1.54, 1.807) is 0 Å².